The molecule has 1 aliphatic heterocycles. The summed E-state index contributed by atoms with van der Waals surface area (Å²) in [5.74, 6) is 0.128. The number of benzene rings is 1. The number of halogens is 1. The van der Waals surface area contributed by atoms with E-state index < -0.39 is 0 Å². The van der Waals surface area contributed by atoms with E-state index in [9.17, 15) is 4.79 Å². The van der Waals surface area contributed by atoms with Gasteiger partial charge in [-0.1, -0.05) is 28.1 Å². The minimum absolute atomic E-state index is 0.0589. The van der Waals surface area contributed by atoms with E-state index in [-0.39, 0.29) is 16.5 Å². The zero-order valence-electron chi connectivity index (χ0n) is 7.66. The second-order valence-electron chi connectivity index (χ2n) is 3.22. The minimum Gasteiger partial charge on any atom is -0.339 e. The molecular weight excluding hydrogens is 262 g/mol. The summed E-state index contributed by atoms with van der Waals surface area (Å²) in [4.78, 5) is 11.3. The number of hydrogen-bond acceptors (Lipinski definition) is 2. The molecule has 74 valence electrons. The molecule has 0 aliphatic carbocycles. The summed E-state index contributed by atoms with van der Waals surface area (Å²) in [6.45, 7) is 1.93. The predicted molar refractivity (Wildman–Crippen MR) is 62.1 cm³/mol. The molecule has 0 aromatic heterocycles. The second kappa shape index (κ2) is 3.95. The number of carbonyl (C=O) groups excluding carboxylic acids is 1. The third kappa shape index (κ3) is 1.96. The van der Waals surface area contributed by atoms with Gasteiger partial charge in [0.2, 0.25) is 5.91 Å². The van der Waals surface area contributed by atoms with Gasteiger partial charge in [-0.15, -0.1) is 11.8 Å². The second-order valence-corrected chi connectivity index (χ2v) is 5.58. The molecule has 1 fully saturated rings. The molecule has 0 unspecified atom stereocenters. The lowest BCUT2D eigenvalue weighted by atomic mass is 10.2. The Kier molecular flexibility index (Phi) is 2.83. The van der Waals surface area contributed by atoms with Gasteiger partial charge in [-0.2, -0.15) is 0 Å². The molecule has 1 aromatic rings. The monoisotopic (exact) mass is 271 g/mol. The number of amides is 1. The van der Waals surface area contributed by atoms with Crippen LogP contribution in [0.25, 0.3) is 0 Å². The van der Waals surface area contributed by atoms with Crippen LogP contribution in [0.1, 0.15) is 17.9 Å². The van der Waals surface area contributed by atoms with Crippen LogP contribution in [0.3, 0.4) is 0 Å². The first-order valence-corrected chi connectivity index (χ1v) is 6.12. The summed E-state index contributed by atoms with van der Waals surface area (Å²) >= 11 is 5.04. The number of nitrogens with one attached hydrogen (secondary N) is 1. The third-order valence-electron chi connectivity index (χ3n) is 2.16. The standard InChI is InChI=1S/C10H10BrNOS/c1-6-9(13)12-10(14-6)7-2-4-8(11)5-3-7/h2-6,10H,1H3,(H,12,13)/t6-,10+/m0/s1. The van der Waals surface area contributed by atoms with E-state index in [0.29, 0.717) is 0 Å². The zero-order valence-corrected chi connectivity index (χ0v) is 10.1. The zero-order chi connectivity index (χ0) is 10.1. The Morgan fingerprint density at radius 2 is 2.00 bits per heavy atom. The van der Waals surface area contributed by atoms with Crippen molar-refractivity contribution in [2.24, 2.45) is 0 Å². The van der Waals surface area contributed by atoms with Gasteiger partial charge in [0.1, 0.15) is 5.37 Å². The van der Waals surface area contributed by atoms with Crippen molar-refractivity contribution in [2.45, 2.75) is 17.5 Å². The number of hydrogen-bond donors (Lipinski definition) is 1. The van der Waals surface area contributed by atoms with Crippen molar-refractivity contribution in [3.05, 3.63) is 34.3 Å². The molecule has 1 saturated heterocycles. The number of carbonyl (C=O) groups is 1. The van der Waals surface area contributed by atoms with Crippen LogP contribution in [0.15, 0.2) is 28.7 Å². The van der Waals surface area contributed by atoms with E-state index >= 15 is 0 Å². The fourth-order valence-electron chi connectivity index (χ4n) is 1.35. The Morgan fingerprint density at radius 3 is 2.50 bits per heavy atom. The highest BCUT2D eigenvalue weighted by Gasteiger charge is 2.29. The lowest BCUT2D eigenvalue weighted by Gasteiger charge is -2.08. The van der Waals surface area contributed by atoms with E-state index in [1.54, 1.807) is 11.8 Å². The van der Waals surface area contributed by atoms with Gasteiger partial charge in [0.05, 0.1) is 5.25 Å². The molecule has 2 rings (SSSR count). The maximum atomic E-state index is 11.3. The minimum atomic E-state index is 0.0589. The topological polar surface area (TPSA) is 29.1 Å². The quantitative estimate of drug-likeness (QED) is 0.851. The van der Waals surface area contributed by atoms with Gasteiger partial charge in [-0.3, -0.25) is 4.79 Å². The molecule has 1 heterocycles. The van der Waals surface area contributed by atoms with Crippen LogP contribution in [0.4, 0.5) is 0 Å². The largest absolute Gasteiger partial charge is 0.339 e. The summed E-state index contributed by atoms with van der Waals surface area (Å²) in [5.41, 5.74) is 1.15. The summed E-state index contributed by atoms with van der Waals surface area (Å²) in [7, 11) is 0. The third-order valence-corrected chi connectivity index (χ3v) is 3.97. The maximum Gasteiger partial charge on any atom is 0.234 e. The van der Waals surface area contributed by atoms with Crippen molar-refractivity contribution in [3.8, 4) is 0 Å². The van der Waals surface area contributed by atoms with E-state index in [1.165, 1.54) is 0 Å². The highest BCUT2D eigenvalue weighted by atomic mass is 79.9. The van der Waals surface area contributed by atoms with Gasteiger partial charge in [0.25, 0.3) is 0 Å². The van der Waals surface area contributed by atoms with E-state index in [0.717, 1.165) is 10.0 Å². The maximum absolute atomic E-state index is 11.3. The van der Waals surface area contributed by atoms with Crippen LogP contribution in [0.5, 0.6) is 0 Å². The Hall–Kier alpha value is -0.480. The van der Waals surface area contributed by atoms with Crippen molar-refractivity contribution >= 4 is 33.6 Å². The van der Waals surface area contributed by atoms with Crippen molar-refractivity contribution < 1.29 is 4.79 Å². The van der Waals surface area contributed by atoms with Gasteiger partial charge < -0.3 is 5.32 Å². The first-order valence-electron chi connectivity index (χ1n) is 4.38. The van der Waals surface area contributed by atoms with Crippen LogP contribution < -0.4 is 5.32 Å². The lowest BCUT2D eigenvalue weighted by molar-refractivity contribution is -0.119. The predicted octanol–water partition coefficient (Wildman–Crippen LogP) is 2.70. The highest BCUT2D eigenvalue weighted by Crippen LogP contribution is 2.35. The van der Waals surface area contributed by atoms with Gasteiger partial charge in [-0.05, 0) is 24.6 Å². The summed E-state index contributed by atoms with van der Waals surface area (Å²) < 4.78 is 1.06. The molecule has 1 N–H and O–H groups in total. The molecular formula is C10H10BrNOS. The van der Waals surface area contributed by atoms with E-state index in [2.05, 4.69) is 21.2 Å². The van der Waals surface area contributed by atoms with Crippen LogP contribution >= 0.6 is 27.7 Å². The molecule has 1 amide bonds. The lowest BCUT2D eigenvalue weighted by Crippen LogP contribution is -2.22. The Morgan fingerprint density at radius 1 is 1.36 bits per heavy atom. The fourth-order valence-corrected chi connectivity index (χ4v) is 2.71. The van der Waals surface area contributed by atoms with Crippen LogP contribution in [-0.2, 0) is 4.79 Å². The van der Waals surface area contributed by atoms with E-state index in [1.807, 2.05) is 31.2 Å². The smallest absolute Gasteiger partial charge is 0.234 e. The molecule has 1 aliphatic rings. The van der Waals surface area contributed by atoms with Gasteiger partial charge in [0.15, 0.2) is 0 Å². The molecule has 0 spiro atoms. The van der Waals surface area contributed by atoms with Crippen molar-refractivity contribution in [1.29, 1.82) is 0 Å². The van der Waals surface area contributed by atoms with Crippen molar-refractivity contribution in [3.63, 3.8) is 0 Å². The highest BCUT2D eigenvalue weighted by molar-refractivity contribution is 9.10. The van der Waals surface area contributed by atoms with Crippen LogP contribution in [-0.4, -0.2) is 11.2 Å². The van der Waals surface area contributed by atoms with Crippen LogP contribution in [0, 0.1) is 0 Å². The van der Waals surface area contributed by atoms with Crippen molar-refractivity contribution in [1.82, 2.24) is 5.32 Å². The molecule has 0 saturated carbocycles. The molecule has 1 aromatic carbocycles. The first kappa shape index (κ1) is 10.1. The van der Waals surface area contributed by atoms with Gasteiger partial charge in [0, 0.05) is 4.47 Å². The van der Waals surface area contributed by atoms with Crippen molar-refractivity contribution in [2.75, 3.05) is 0 Å². The SMILES string of the molecule is C[C@@H]1S[C@H](c2ccc(Br)cc2)NC1=O. The van der Waals surface area contributed by atoms with Gasteiger partial charge >= 0.3 is 0 Å². The Balaban J connectivity index is 2.17. The summed E-state index contributed by atoms with van der Waals surface area (Å²) in [5, 5.41) is 3.12. The molecule has 14 heavy (non-hydrogen) atoms. The fraction of sp³-hybridized carbons (Fsp3) is 0.300. The Bertz CT molecular complexity index is 352. The average molecular weight is 272 g/mol. The molecule has 4 heteroatoms. The normalized spacial score (nSPS) is 26.3. The number of thioether (sulfide) groups is 1. The molecule has 0 bridgehead atoms. The molecule has 2 atom stereocenters. The summed E-state index contributed by atoms with van der Waals surface area (Å²) in [6.07, 6.45) is 0. The first-order chi connectivity index (χ1) is 6.66. The molecule has 2 nitrogen and oxygen atoms in total. The Labute approximate surface area is 95.6 Å². The number of rotatable bonds is 1. The average Bonchev–Trinajstić information content (AvgIpc) is 2.48. The van der Waals surface area contributed by atoms with E-state index in [4.69, 9.17) is 0 Å². The van der Waals surface area contributed by atoms with Gasteiger partial charge in [-0.25, -0.2) is 0 Å². The molecule has 0 radical (unpaired) electrons. The summed E-state index contributed by atoms with van der Waals surface area (Å²) in [6, 6.07) is 8.04. The van der Waals surface area contributed by atoms with Crippen LogP contribution in [0.2, 0.25) is 0 Å².